The lowest BCUT2D eigenvalue weighted by Gasteiger charge is -2.17. The summed E-state index contributed by atoms with van der Waals surface area (Å²) in [5.41, 5.74) is 0.628. The van der Waals surface area contributed by atoms with Crippen molar-refractivity contribution in [2.45, 2.75) is 6.42 Å². The van der Waals surface area contributed by atoms with E-state index in [-0.39, 0.29) is 5.91 Å². The fourth-order valence-corrected chi connectivity index (χ4v) is 1.90. The van der Waals surface area contributed by atoms with Crippen LogP contribution in [0, 0.1) is 0 Å². The van der Waals surface area contributed by atoms with E-state index in [1.54, 1.807) is 30.1 Å². The van der Waals surface area contributed by atoms with Gasteiger partial charge in [-0.3, -0.25) is 4.79 Å². The molecule has 1 heterocycles. The molecule has 0 fully saturated rings. The summed E-state index contributed by atoms with van der Waals surface area (Å²) in [4.78, 5) is 13.9. The van der Waals surface area contributed by atoms with Crippen LogP contribution in [0.25, 0.3) is 0 Å². The standard InChI is InChI=1S/C14H20N2O3/c1-15-6-7-16(2)14(17)11-4-5-12-13(10-11)19-9-3-8-18-12/h4-5,10,15H,3,6-9H2,1-2H3. The Bertz CT molecular complexity index is 448. The van der Waals surface area contributed by atoms with Crippen LogP contribution in [0.1, 0.15) is 16.8 Å². The first-order chi connectivity index (χ1) is 9.22. The average molecular weight is 264 g/mol. The molecule has 0 spiro atoms. The fraction of sp³-hybridized carbons (Fsp3) is 0.500. The number of fused-ring (bicyclic) bond motifs is 1. The second-order valence-electron chi connectivity index (χ2n) is 4.54. The van der Waals surface area contributed by atoms with E-state index in [1.165, 1.54) is 0 Å². The lowest BCUT2D eigenvalue weighted by Crippen LogP contribution is -2.32. The van der Waals surface area contributed by atoms with E-state index in [4.69, 9.17) is 9.47 Å². The SMILES string of the molecule is CNCCN(C)C(=O)c1ccc2c(c1)OCCCO2. The normalized spacial score (nSPS) is 13.8. The number of hydrogen-bond acceptors (Lipinski definition) is 4. The molecule has 0 radical (unpaired) electrons. The maximum absolute atomic E-state index is 12.2. The lowest BCUT2D eigenvalue weighted by atomic mass is 10.1. The van der Waals surface area contributed by atoms with Gasteiger partial charge in [-0.1, -0.05) is 0 Å². The minimum Gasteiger partial charge on any atom is -0.490 e. The van der Waals surface area contributed by atoms with Gasteiger partial charge in [-0.25, -0.2) is 0 Å². The van der Waals surface area contributed by atoms with Gasteiger partial charge in [0.2, 0.25) is 0 Å². The number of carbonyl (C=O) groups is 1. The molecule has 0 aliphatic carbocycles. The topological polar surface area (TPSA) is 50.8 Å². The molecular weight excluding hydrogens is 244 g/mol. The molecule has 1 aliphatic rings. The predicted molar refractivity (Wildman–Crippen MR) is 72.9 cm³/mol. The van der Waals surface area contributed by atoms with Crippen LogP contribution >= 0.6 is 0 Å². The molecule has 0 saturated heterocycles. The van der Waals surface area contributed by atoms with Crippen LogP contribution in [-0.4, -0.2) is 51.2 Å². The molecule has 0 saturated carbocycles. The second-order valence-corrected chi connectivity index (χ2v) is 4.54. The number of carbonyl (C=O) groups excluding carboxylic acids is 1. The van der Waals surface area contributed by atoms with Gasteiger partial charge in [0, 0.05) is 32.1 Å². The van der Waals surface area contributed by atoms with Crippen LogP contribution in [0.2, 0.25) is 0 Å². The van der Waals surface area contributed by atoms with Gasteiger partial charge in [0.05, 0.1) is 13.2 Å². The molecule has 1 amide bonds. The summed E-state index contributed by atoms with van der Waals surface area (Å²) < 4.78 is 11.1. The third-order valence-corrected chi connectivity index (χ3v) is 3.04. The first kappa shape index (κ1) is 13.7. The second kappa shape index (κ2) is 6.43. The molecule has 5 heteroatoms. The van der Waals surface area contributed by atoms with Crippen molar-refractivity contribution in [1.29, 1.82) is 0 Å². The molecular formula is C14H20N2O3. The summed E-state index contributed by atoms with van der Waals surface area (Å²) >= 11 is 0. The molecule has 1 aliphatic heterocycles. The molecule has 2 rings (SSSR count). The van der Waals surface area contributed by atoms with E-state index in [2.05, 4.69) is 5.32 Å². The highest BCUT2D eigenvalue weighted by atomic mass is 16.5. The van der Waals surface area contributed by atoms with E-state index < -0.39 is 0 Å². The average Bonchev–Trinajstić information content (AvgIpc) is 2.68. The van der Waals surface area contributed by atoms with Crippen LogP contribution in [0.15, 0.2) is 18.2 Å². The van der Waals surface area contributed by atoms with Crippen LogP contribution < -0.4 is 14.8 Å². The minimum atomic E-state index is -0.00843. The Morgan fingerprint density at radius 3 is 2.79 bits per heavy atom. The molecule has 1 aromatic rings. The first-order valence-corrected chi connectivity index (χ1v) is 6.52. The highest BCUT2D eigenvalue weighted by molar-refractivity contribution is 5.94. The Morgan fingerprint density at radius 1 is 1.32 bits per heavy atom. The van der Waals surface area contributed by atoms with Gasteiger partial charge in [0.15, 0.2) is 11.5 Å². The molecule has 0 atom stereocenters. The third-order valence-electron chi connectivity index (χ3n) is 3.04. The van der Waals surface area contributed by atoms with Crippen molar-refractivity contribution >= 4 is 5.91 Å². The summed E-state index contributed by atoms with van der Waals surface area (Å²) in [6.07, 6.45) is 0.861. The third kappa shape index (κ3) is 3.38. The van der Waals surface area contributed by atoms with Crippen molar-refractivity contribution < 1.29 is 14.3 Å². The Kier molecular flexibility index (Phi) is 4.63. The zero-order chi connectivity index (χ0) is 13.7. The first-order valence-electron chi connectivity index (χ1n) is 6.52. The van der Waals surface area contributed by atoms with Gasteiger partial charge < -0.3 is 19.7 Å². The monoisotopic (exact) mass is 264 g/mol. The highest BCUT2D eigenvalue weighted by Gasteiger charge is 2.16. The zero-order valence-electron chi connectivity index (χ0n) is 11.4. The Morgan fingerprint density at radius 2 is 2.05 bits per heavy atom. The van der Waals surface area contributed by atoms with Crippen LogP contribution in [-0.2, 0) is 0 Å². The maximum Gasteiger partial charge on any atom is 0.253 e. The summed E-state index contributed by atoms with van der Waals surface area (Å²) in [6.45, 7) is 2.72. The fourth-order valence-electron chi connectivity index (χ4n) is 1.90. The largest absolute Gasteiger partial charge is 0.490 e. The van der Waals surface area contributed by atoms with Gasteiger partial charge in [-0.15, -0.1) is 0 Å². The number of nitrogens with zero attached hydrogens (tertiary/aromatic N) is 1. The van der Waals surface area contributed by atoms with Crippen molar-refractivity contribution in [3.05, 3.63) is 23.8 Å². The zero-order valence-corrected chi connectivity index (χ0v) is 11.4. The van der Waals surface area contributed by atoms with Crippen molar-refractivity contribution in [2.24, 2.45) is 0 Å². The van der Waals surface area contributed by atoms with E-state index in [0.717, 1.165) is 13.0 Å². The Balaban J connectivity index is 2.12. The molecule has 1 aromatic carbocycles. The van der Waals surface area contributed by atoms with Gasteiger partial charge in [0.25, 0.3) is 5.91 Å². The number of nitrogens with one attached hydrogen (secondary N) is 1. The summed E-state index contributed by atoms with van der Waals surface area (Å²) in [7, 11) is 3.66. The van der Waals surface area contributed by atoms with E-state index in [1.807, 2.05) is 7.05 Å². The molecule has 0 aromatic heterocycles. The van der Waals surface area contributed by atoms with Gasteiger partial charge in [0.1, 0.15) is 0 Å². The predicted octanol–water partition coefficient (Wildman–Crippen LogP) is 1.14. The molecule has 104 valence electrons. The summed E-state index contributed by atoms with van der Waals surface area (Å²) in [5, 5.41) is 3.02. The van der Waals surface area contributed by atoms with Gasteiger partial charge in [-0.05, 0) is 25.2 Å². The van der Waals surface area contributed by atoms with Gasteiger partial charge in [-0.2, -0.15) is 0 Å². The summed E-state index contributed by atoms with van der Waals surface area (Å²) in [5.74, 6) is 1.36. The van der Waals surface area contributed by atoms with Crippen molar-refractivity contribution in [2.75, 3.05) is 40.4 Å². The number of likely N-dealkylation sites (N-methyl/N-ethyl adjacent to an activating group) is 2. The molecule has 0 unspecified atom stereocenters. The lowest BCUT2D eigenvalue weighted by molar-refractivity contribution is 0.0796. The number of rotatable bonds is 4. The molecule has 5 nitrogen and oxygen atoms in total. The van der Waals surface area contributed by atoms with Crippen LogP contribution in [0.4, 0.5) is 0 Å². The van der Waals surface area contributed by atoms with Crippen molar-refractivity contribution in [3.63, 3.8) is 0 Å². The minimum absolute atomic E-state index is 0.00843. The van der Waals surface area contributed by atoms with E-state index in [0.29, 0.717) is 36.8 Å². The Labute approximate surface area is 113 Å². The Hall–Kier alpha value is -1.75. The smallest absolute Gasteiger partial charge is 0.253 e. The van der Waals surface area contributed by atoms with Gasteiger partial charge >= 0.3 is 0 Å². The van der Waals surface area contributed by atoms with E-state index in [9.17, 15) is 4.79 Å². The number of amides is 1. The highest BCUT2D eigenvalue weighted by Crippen LogP contribution is 2.30. The van der Waals surface area contributed by atoms with Crippen molar-refractivity contribution in [3.8, 4) is 11.5 Å². The number of ether oxygens (including phenoxy) is 2. The molecule has 1 N–H and O–H groups in total. The van der Waals surface area contributed by atoms with Crippen LogP contribution in [0.3, 0.4) is 0 Å². The van der Waals surface area contributed by atoms with E-state index >= 15 is 0 Å². The quantitative estimate of drug-likeness (QED) is 0.886. The number of hydrogen-bond donors (Lipinski definition) is 1. The van der Waals surface area contributed by atoms with Crippen molar-refractivity contribution in [1.82, 2.24) is 10.2 Å². The maximum atomic E-state index is 12.2. The number of benzene rings is 1. The van der Waals surface area contributed by atoms with Crippen LogP contribution in [0.5, 0.6) is 11.5 Å². The molecule has 0 bridgehead atoms. The summed E-state index contributed by atoms with van der Waals surface area (Å²) in [6, 6.07) is 5.35. The molecule has 19 heavy (non-hydrogen) atoms.